The maximum absolute atomic E-state index is 12.4. The van der Waals surface area contributed by atoms with Gasteiger partial charge in [0.25, 0.3) is 0 Å². The zero-order chi connectivity index (χ0) is 17.0. The van der Waals surface area contributed by atoms with E-state index in [9.17, 15) is 13.2 Å². The van der Waals surface area contributed by atoms with E-state index in [0.717, 1.165) is 0 Å². The van der Waals surface area contributed by atoms with Crippen LogP contribution in [0.15, 0.2) is 0 Å². The second kappa shape index (κ2) is 5.53. The van der Waals surface area contributed by atoms with Gasteiger partial charge in [-0.3, -0.25) is 0 Å². The predicted octanol–water partition coefficient (Wildman–Crippen LogP) is 1.96. The molecule has 3 saturated heterocycles. The monoisotopic (exact) mass is 342 g/mol. The molecule has 3 heterocycles. The van der Waals surface area contributed by atoms with Crippen molar-refractivity contribution in [1.29, 1.82) is 0 Å². The Morgan fingerprint density at radius 2 is 1.61 bits per heavy atom. The summed E-state index contributed by atoms with van der Waals surface area (Å²) in [5, 5.41) is 0. The summed E-state index contributed by atoms with van der Waals surface area (Å²) >= 11 is 0. The fourth-order valence-corrected chi connectivity index (χ4v) is 3.08. The molecule has 3 aliphatic rings. The maximum Gasteiger partial charge on any atom is 0.411 e. The Morgan fingerprint density at radius 3 is 2.17 bits per heavy atom. The smallest absolute Gasteiger partial charge is 0.348 e. The van der Waals surface area contributed by atoms with E-state index in [0.29, 0.717) is 0 Å². The molecule has 0 radical (unpaired) electrons. The van der Waals surface area contributed by atoms with Gasteiger partial charge in [0.1, 0.15) is 31.0 Å². The highest BCUT2D eigenvalue weighted by Crippen LogP contribution is 2.42. The minimum absolute atomic E-state index is 0.261. The van der Waals surface area contributed by atoms with Crippen molar-refractivity contribution >= 4 is 0 Å². The molecule has 0 amide bonds. The van der Waals surface area contributed by atoms with Crippen LogP contribution in [0, 0.1) is 0 Å². The summed E-state index contributed by atoms with van der Waals surface area (Å²) in [5.41, 5.74) is 0. The third kappa shape index (κ3) is 3.80. The molecule has 3 fully saturated rings. The van der Waals surface area contributed by atoms with Crippen LogP contribution in [-0.2, 0) is 28.4 Å². The van der Waals surface area contributed by atoms with Gasteiger partial charge >= 0.3 is 6.18 Å². The molecule has 0 bridgehead atoms. The van der Waals surface area contributed by atoms with Crippen molar-refractivity contribution in [1.82, 2.24) is 0 Å². The van der Waals surface area contributed by atoms with Crippen molar-refractivity contribution in [2.45, 2.75) is 76.2 Å². The average Bonchev–Trinajstić information content (AvgIpc) is 2.97. The maximum atomic E-state index is 12.4. The lowest BCUT2D eigenvalue weighted by Gasteiger charge is -2.27. The van der Waals surface area contributed by atoms with Crippen LogP contribution in [0.5, 0.6) is 0 Å². The van der Waals surface area contributed by atoms with E-state index in [1.54, 1.807) is 27.7 Å². The third-order valence-corrected chi connectivity index (χ3v) is 3.85. The van der Waals surface area contributed by atoms with E-state index in [-0.39, 0.29) is 6.61 Å². The summed E-state index contributed by atoms with van der Waals surface area (Å²) in [6.45, 7) is 5.75. The molecule has 0 aromatic rings. The molecule has 9 heteroatoms. The summed E-state index contributed by atoms with van der Waals surface area (Å²) in [6, 6.07) is 0. The van der Waals surface area contributed by atoms with Gasteiger partial charge < -0.3 is 28.4 Å². The number of ether oxygens (including phenoxy) is 6. The minimum atomic E-state index is -4.44. The highest BCUT2D eigenvalue weighted by atomic mass is 19.4. The van der Waals surface area contributed by atoms with Crippen molar-refractivity contribution in [3.63, 3.8) is 0 Å². The molecule has 134 valence electrons. The van der Waals surface area contributed by atoms with E-state index >= 15 is 0 Å². The van der Waals surface area contributed by atoms with Gasteiger partial charge in [0, 0.05) is 0 Å². The fraction of sp³-hybridized carbons (Fsp3) is 1.00. The second-order valence-electron chi connectivity index (χ2n) is 6.83. The van der Waals surface area contributed by atoms with Gasteiger partial charge in [0.15, 0.2) is 17.9 Å². The lowest BCUT2D eigenvalue weighted by Crippen LogP contribution is -2.40. The van der Waals surface area contributed by atoms with Gasteiger partial charge in [-0.1, -0.05) is 0 Å². The van der Waals surface area contributed by atoms with Gasteiger partial charge in [-0.2, -0.15) is 13.2 Å². The standard InChI is InChI=1S/C14H21F3O6/c1-12(2)19-5-7(21-12)8-9-10(23-13(3,4)22-9)11(20-8)18-6-14(15,16)17/h7-11H,5-6H2,1-4H3/t7-,8-,9+,10+,11-/m1/s1. The summed E-state index contributed by atoms with van der Waals surface area (Å²) < 4.78 is 70.4. The molecule has 5 atom stereocenters. The van der Waals surface area contributed by atoms with Crippen LogP contribution < -0.4 is 0 Å². The highest BCUT2D eigenvalue weighted by Gasteiger charge is 2.59. The highest BCUT2D eigenvalue weighted by molar-refractivity contribution is 4.99. The third-order valence-electron chi connectivity index (χ3n) is 3.85. The average molecular weight is 342 g/mol. The first-order chi connectivity index (χ1) is 10.5. The summed E-state index contributed by atoms with van der Waals surface area (Å²) in [4.78, 5) is 0. The van der Waals surface area contributed by atoms with Crippen LogP contribution in [0.1, 0.15) is 27.7 Å². The van der Waals surface area contributed by atoms with Crippen LogP contribution in [0.4, 0.5) is 13.2 Å². The largest absolute Gasteiger partial charge is 0.411 e. The number of hydrogen-bond donors (Lipinski definition) is 0. The Balaban J connectivity index is 1.71. The van der Waals surface area contributed by atoms with Crippen LogP contribution in [0.2, 0.25) is 0 Å². The molecule has 0 N–H and O–H groups in total. The first kappa shape index (κ1) is 17.4. The van der Waals surface area contributed by atoms with Crippen molar-refractivity contribution in [2.75, 3.05) is 13.2 Å². The van der Waals surface area contributed by atoms with Gasteiger partial charge in [-0.15, -0.1) is 0 Å². The van der Waals surface area contributed by atoms with Gasteiger partial charge in [-0.25, -0.2) is 0 Å². The van der Waals surface area contributed by atoms with Crippen LogP contribution in [-0.4, -0.2) is 61.7 Å². The lowest BCUT2D eigenvalue weighted by atomic mass is 10.1. The topological polar surface area (TPSA) is 55.4 Å². The first-order valence-corrected chi connectivity index (χ1v) is 7.47. The Kier molecular flexibility index (Phi) is 4.18. The zero-order valence-corrected chi connectivity index (χ0v) is 13.4. The summed E-state index contributed by atoms with van der Waals surface area (Å²) in [7, 11) is 0. The predicted molar refractivity (Wildman–Crippen MR) is 69.4 cm³/mol. The first-order valence-electron chi connectivity index (χ1n) is 7.47. The summed E-state index contributed by atoms with van der Waals surface area (Å²) in [5.74, 6) is -1.70. The summed E-state index contributed by atoms with van der Waals surface area (Å²) in [6.07, 6.45) is -8.02. The number of rotatable bonds is 3. The van der Waals surface area contributed by atoms with Gasteiger partial charge in [0.2, 0.25) is 0 Å². The number of fused-ring (bicyclic) bond motifs is 1. The van der Waals surface area contributed by atoms with Crippen molar-refractivity contribution < 1.29 is 41.6 Å². The Hall–Kier alpha value is -0.450. The SMILES string of the molecule is CC1(C)O[C@@H]2[C@H](O1)[C@H](OCC(F)(F)F)O[C@@H]2[C@H]1COC(C)(C)O1. The molecule has 0 aromatic carbocycles. The molecule has 6 nitrogen and oxygen atoms in total. The molecular weight excluding hydrogens is 321 g/mol. The molecular formula is C14H21F3O6. The van der Waals surface area contributed by atoms with E-state index in [2.05, 4.69) is 0 Å². The Morgan fingerprint density at radius 1 is 0.957 bits per heavy atom. The van der Waals surface area contributed by atoms with Crippen LogP contribution in [0.3, 0.4) is 0 Å². The number of hydrogen-bond acceptors (Lipinski definition) is 6. The number of alkyl halides is 3. The molecule has 0 spiro atoms. The quantitative estimate of drug-likeness (QED) is 0.782. The van der Waals surface area contributed by atoms with Gasteiger partial charge in [0.05, 0.1) is 6.61 Å². The molecule has 23 heavy (non-hydrogen) atoms. The number of halogens is 3. The van der Waals surface area contributed by atoms with E-state index in [4.69, 9.17) is 28.4 Å². The van der Waals surface area contributed by atoms with Gasteiger partial charge in [-0.05, 0) is 27.7 Å². The normalized spacial score (nSPS) is 42.1. The minimum Gasteiger partial charge on any atom is -0.348 e. The molecule has 0 aliphatic carbocycles. The van der Waals surface area contributed by atoms with Crippen LogP contribution >= 0.6 is 0 Å². The second-order valence-corrected chi connectivity index (χ2v) is 6.83. The molecule has 3 rings (SSSR count). The molecule has 3 aliphatic heterocycles. The van der Waals surface area contributed by atoms with Crippen molar-refractivity contribution in [3.05, 3.63) is 0 Å². The fourth-order valence-electron chi connectivity index (χ4n) is 3.08. The Labute approximate surface area is 132 Å². The van der Waals surface area contributed by atoms with Crippen molar-refractivity contribution in [3.8, 4) is 0 Å². The van der Waals surface area contributed by atoms with Crippen molar-refractivity contribution in [2.24, 2.45) is 0 Å². The van der Waals surface area contributed by atoms with Crippen LogP contribution in [0.25, 0.3) is 0 Å². The van der Waals surface area contributed by atoms with E-state index < -0.39 is 55.1 Å². The van der Waals surface area contributed by atoms with E-state index in [1.807, 2.05) is 0 Å². The lowest BCUT2D eigenvalue weighted by molar-refractivity contribution is -0.271. The zero-order valence-electron chi connectivity index (χ0n) is 13.4. The molecule has 0 aromatic heterocycles. The molecule has 0 saturated carbocycles. The van der Waals surface area contributed by atoms with E-state index in [1.165, 1.54) is 0 Å². The molecule has 0 unspecified atom stereocenters. The Bertz CT molecular complexity index is 452.